The molecule has 80 valence electrons. The van der Waals surface area contributed by atoms with Gasteiger partial charge in [0.1, 0.15) is 0 Å². The molecule has 0 spiro atoms. The van der Waals surface area contributed by atoms with Crippen LogP contribution in [0.3, 0.4) is 0 Å². The molecule has 4 nitrogen and oxygen atoms in total. The van der Waals surface area contributed by atoms with E-state index >= 15 is 0 Å². The molecule has 15 heavy (non-hydrogen) atoms. The van der Waals surface area contributed by atoms with Crippen LogP contribution in [0, 0.1) is 5.41 Å². The maximum absolute atomic E-state index is 7.36. The van der Waals surface area contributed by atoms with Gasteiger partial charge in [0.15, 0.2) is 17.4 Å². The summed E-state index contributed by atoms with van der Waals surface area (Å²) in [5.41, 5.74) is 1.13. The van der Waals surface area contributed by atoms with Crippen LogP contribution in [0.4, 0.5) is 0 Å². The van der Waals surface area contributed by atoms with Gasteiger partial charge < -0.3 is 14.2 Å². The first-order valence-electron chi connectivity index (χ1n) is 4.79. The molecule has 1 aromatic carbocycles. The summed E-state index contributed by atoms with van der Waals surface area (Å²) in [5, 5.41) is 7.36. The molecule has 1 heterocycles. The van der Waals surface area contributed by atoms with Gasteiger partial charge in [-0.25, -0.2) is 0 Å². The van der Waals surface area contributed by atoms with Crippen molar-refractivity contribution in [3.63, 3.8) is 0 Å². The molecule has 1 aromatic rings. The molecule has 0 aromatic heterocycles. The van der Waals surface area contributed by atoms with Crippen LogP contribution >= 0.6 is 0 Å². The predicted molar refractivity (Wildman–Crippen MR) is 55.6 cm³/mol. The van der Waals surface area contributed by atoms with Gasteiger partial charge in [-0.2, -0.15) is 0 Å². The van der Waals surface area contributed by atoms with Crippen LogP contribution in [0.1, 0.15) is 12.0 Å². The van der Waals surface area contributed by atoms with Crippen LogP contribution in [0.5, 0.6) is 11.5 Å². The Morgan fingerprint density at radius 2 is 2.20 bits per heavy atom. The zero-order chi connectivity index (χ0) is 10.7. The zero-order valence-electron chi connectivity index (χ0n) is 8.58. The highest BCUT2D eigenvalue weighted by Gasteiger charge is 2.13. The number of methoxy groups -OCH3 is 1. The minimum Gasteiger partial charge on any atom is -0.484 e. The average molecular weight is 207 g/mol. The lowest BCUT2D eigenvalue weighted by Gasteiger charge is -2.03. The Morgan fingerprint density at radius 3 is 3.00 bits per heavy atom. The van der Waals surface area contributed by atoms with Gasteiger partial charge in [0, 0.05) is 6.42 Å². The minimum atomic E-state index is 0.298. The third kappa shape index (κ3) is 2.21. The standard InChI is InChI=1S/C11H13NO3/c1-13-11(12)5-3-8-2-4-9-10(6-8)15-7-14-9/h2,4,6,12H,3,5,7H2,1H3. The van der Waals surface area contributed by atoms with Gasteiger partial charge in [-0.05, 0) is 24.1 Å². The van der Waals surface area contributed by atoms with E-state index in [0.29, 0.717) is 19.1 Å². The van der Waals surface area contributed by atoms with Gasteiger partial charge in [0.2, 0.25) is 6.79 Å². The Kier molecular flexibility index (Phi) is 2.76. The third-order valence-electron chi connectivity index (χ3n) is 2.32. The fourth-order valence-corrected chi connectivity index (χ4v) is 1.46. The molecule has 2 rings (SSSR count). The lowest BCUT2D eigenvalue weighted by molar-refractivity contribution is 0.174. The summed E-state index contributed by atoms with van der Waals surface area (Å²) in [6, 6.07) is 5.83. The van der Waals surface area contributed by atoms with E-state index in [2.05, 4.69) is 0 Å². The van der Waals surface area contributed by atoms with E-state index in [1.165, 1.54) is 7.11 Å². The summed E-state index contributed by atoms with van der Waals surface area (Å²) in [7, 11) is 1.52. The first kappa shape index (κ1) is 9.83. The highest BCUT2D eigenvalue weighted by molar-refractivity contribution is 5.72. The highest BCUT2D eigenvalue weighted by Crippen LogP contribution is 2.32. The first-order chi connectivity index (χ1) is 7.29. The number of hydrogen-bond acceptors (Lipinski definition) is 4. The normalized spacial score (nSPS) is 12.6. The average Bonchev–Trinajstić information content (AvgIpc) is 2.72. The maximum Gasteiger partial charge on any atom is 0.231 e. The molecular formula is C11H13NO3. The van der Waals surface area contributed by atoms with Crippen LogP contribution in [0.25, 0.3) is 0 Å². The van der Waals surface area contributed by atoms with Gasteiger partial charge in [-0.15, -0.1) is 0 Å². The van der Waals surface area contributed by atoms with E-state index in [9.17, 15) is 0 Å². The summed E-state index contributed by atoms with van der Waals surface area (Å²) in [6.45, 7) is 0.298. The SMILES string of the molecule is COC(=N)CCc1ccc2c(c1)OCO2. The van der Waals surface area contributed by atoms with Crippen LogP contribution in [0.2, 0.25) is 0 Å². The number of rotatable bonds is 3. The van der Waals surface area contributed by atoms with Crippen molar-refractivity contribution in [1.82, 2.24) is 0 Å². The van der Waals surface area contributed by atoms with Crippen molar-refractivity contribution in [1.29, 1.82) is 5.41 Å². The van der Waals surface area contributed by atoms with Crippen molar-refractivity contribution in [3.8, 4) is 11.5 Å². The van der Waals surface area contributed by atoms with Gasteiger partial charge >= 0.3 is 0 Å². The second kappa shape index (κ2) is 4.21. The molecule has 0 saturated heterocycles. The monoisotopic (exact) mass is 207 g/mol. The summed E-state index contributed by atoms with van der Waals surface area (Å²) in [5.74, 6) is 1.88. The largest absolute Gasteiger partial charge is 0.484 e. The van der Waals surface area contributed by atoms with Gasteiger partial charge in [0.25, 0.3) is 0 Å². The van der Waals surface area contributed by atoms with E-state index in [4.69, 9.17) is 19.6 Å². The van der Waals surface area contributed by atoms with Crippen molar-refractivity contribution in [2.45, 2.75) is 12.8 Å². The van der Waals surface area contributed by atoms with E-state index < -0.39 is 0 Å². The fraction of sp³-hybridized carbons (Fsp3) is 0.364. The number of ether oxygens (including phenoxy) is 3. The van der Waals surface area contributed by atoms with Gasteiger partial charge in [-0.1, -0.05) is 6.07 Å². The number of fused-ring (bicyclic) bond motifs is 1. The lowest BCUT2D eigenvalue weighted by Crippen LogP contribution is -2.00. The van der Waals surface area contributed by atoms with Crippen molar-refractivity contribution in [2.24, 2.45) is 0 Å². The molecule has 4 heteroatoms. The molecule has 0 unspecified atom stereocenters. The Hall–Kier alpha value is -1.71. The highest BCUT2D eigenvalue weighted by atomic mass is 16.7. The smallest absolute Gasteiger partial charge is 0.231 e. The Labute approximate surface area is 88.3 Å². The maximum atomic E-state index is 7.36. The van der Waals surface area contributed by atoms with Crippen LogP contribution in [0.15, 0.2) is 18.2 Å². The Bertz CT molecular complexity index is 376. The molecule has 1 aliphatic rings. The molecule has 0 radical (unpaired) electrons. The number of nitrogens with one attached hydrogen (secondary N) is 1. The zero-order valence-corrected chi connectivity index (χ0v) is 8.58. The Morgan fingerprint density at radius 1 is 1.40 bits per heavy atom. The van der Waals surface area contributed by atoms with Crippen LogP contribution in [-0.2, 0) is 11.2 Å². The van der Waals surface area contributed by atoms with E-state index in [-0.39, 0.29) is 0 Å². The minimum absolute atomic E-state index is 0.298. The lowest BCUT2D eigenvalue weighted by atomic mass is 10.1. The fourth-order valence-electron chi connectivity index (χ4n) is 1.46. The summed E-state index contributed by atoms with van der Waals surface area (Å²) in [4.78, 5) is 0. The van der Waals surface area contributed by atoms with Gasteiger partial charge in [-0.3, -0.25) is 5.41 Å². The molecule has 1 N–H and O–H groups in total. The number of hydrogen-bond donors (Lipinski definition) is 1. The van der Waals surface area contributed by atoms with Crippen molar-refractivity contribution in [3.05, 3.63) is 23.8 Å². The Balaban J connectivity index is 2.01. The number of aryl methyl sites for hydroxylation is 1. The second-order valence-corrected chi connectivity index (χ2v) is 3.31. The predicted octanol–water partition coefficient (Wildman–Crippen LogP) is 1.97. The molecule has 0 atom stereocenters. The van der Waals surface area contributed by atoms with Crippen molar-refractivity contribution in [2.75, 3.05) is 13.9 Å². The third-order valence-corrected chi connectivity index (χ3v) is 2.32. The van der Waals surface area contributed by atoms with E-state index in [1.54, 1.807) is 0 Å². The van der Waals surface area contributed by atoms with Crippen molar-refractivity contribution < 1.29 is 14.2 Å². The van der Waals surface area contributed by atoms with Crippen LogP contribution in [-0.4, -0.2) is 19.8 Å². The molecule has 0 amide bonds. The molecule has 0 bridgehead atoms. The van der Waals surface area contributed by atoms with E-state index in [0.717, 1.165) is 23.5 Å². The molecule has 0 saturated carbocycles. The molecule has 0 fully saturated rings. The molecular weight excluding hydrogens is 194 g/mol. The van der Waals surface area contributed by atoms with Crippen molar-refractivity contribution >= 4 is 5.90 Å². The summed E-state index contributed by atoms with van der Waals surface area (Å²) in [6.07, 6.45) is 1.39. The quantitative estimate of drug-likeness (QED) is 0.609. The topological polar surface area (TPSA) is 51.5 Å². The summed E-state index contributed by atoms with van der Waals surface area (Å²) < 4.78 is 15.3. The van der Waals surface area contributed by atoms with Crippen LogP contribution < -0.4 is 9.47 Å². The van der Waals surface area contributed by atoms with Gasteiger partial charge in [0.05, 0.1) is 7.11 Å². The summed E-state index contributed by atoms with van der Waals surface area (Å²) >= 11 is 0. The number of benzene rings is 1. The second-order valence-electron chi connectivity index (χ2n) is 3.31. The molecule has 0 aliphatic carbocycles. The molecule has 1 aliphatic heterocycles. The first-order valence-corrected chi connectivity index (χ1v) is 4.79. The van der Waals surface area contributed by atoms with E-state index in [1.807, 2.05) is 18.2 Å².